The molecule has 0 aliphatic carbocycles. The Morgan fingerprint density at radius 3 is 2.58 bits per heavy atom. The van der Waals surface area contributed by atoms with Gasteiger partial charge in [-0.3, -0.25) is 4.90 Å². The second kappa shape index (κ2) is 6.01. The normalized spacial score (nSPS) is 11.0. The molecule has 0 atom stereocenters. The van der Waals surface area contributed by atoms with Gasteiger partial charge in [-0.25, -0.2) is 4.39 Å². The molecule has 1 heterocycles. The number of hydrogen-bond acceptors (Lipinski definition) is 4. The first kappa shape index (κ1) is 13.8. The van der Waals surface area contributed by atoms with Crippen molar-refractivity contribution in [2.45, 2.75) is 13.1 Å². The highest BCUT2D eigenvalue weighted by Gasteiger charge is 2.14. The van der Waals surface area contributed by atoms with Gasteiger partial charge < -0.3 is 14.5 Å². The summed E-state index contributed by atoms with van der Waals surface area (Å²) in [6.07, 6.45) is 3.26. The third kappa shape index (κ3) is 3.92. The number of rotatable bonds is 5. The van der Waals surface area contributed by atoms with Crippen molar-refractivity contribution in [3.63, 3.8) is 0 Å². The summed E-state index contributed by atoms with van der Waals surface area (Å²) in [7, 11) is 0.237. The summed E-state index contributed by atoms with van der Waals surface area (Å²) in [5.74, 6) is -0.475. The molecule has 0 amide bonds. The predicted octanol–water partition coefficient (Wildman–Crippen LogP) is 0.730. The van der Waals surface area contributed by atoms with Crippen LogP contribution in [0.5, 0.6) is 0 Å². The summed E-state index contributed by atoms with van der Waals surface area (Å²) in [4.78, 5) is 1.98. The molecule has 0 aliphatic heterocycles. The van der Waals surface area contributed by atoms with Crippen molar-refractivity contribution in [2.75, 3.05) is 7.05 Å². The smallest absolute Gasteiger partial charge is 0.472 e. The Morgan fingerprint density at radius 2 is 1.95 bits per heavy atom. The number of nitrogens with zero attached hydrogens (tertiary/aromatic N) is 1. The van der Waals surface area contributed by atoms with E-state index in [1.807, 2.05) is 18.0 Å². The molecule has 0 aliphatic rings. The average molecular weight is 263 g/mol. The quantitative estimate of drug-likeness (QED) is 0.781. The first-order valence-electron chi connectivity index (χ1n) is 5.89. The molecule has 2 rings (SSSR count). The SMILES string of the molecule is CN(Cc1ccoc1)Cc1cc(F)cc(B(O)O)c1. The van der Waals surface area contributed by atoms with Crippen LogP contribution in [0.3, 0.4) is 0 Å². The minimum absolute atomic E-state index is 0.159. The highest BCUT2D eigenvalue weighted by atomic mass is 19.1. The van der Waals surface area contributed by atoms with E-state index in [2.05, 4.69) is 0 Å². The molecule has 2 aromatic rings. The van der Waals surface area contributed by atoms with Gasteiger partial charge in [-0.1, -0.05) is 6.07 Å². The predicted molar refractivity (Wildman–Crippen MR) is 70.1 cm³/mol. The molecule has 19 heavy (non-hydrogen) atoms. The number of furan rings is 1. The minimum Gasteiger partial charge on any atom is -0.472 e. The van der Waals surface area contributed by atoms with Crippen LogP contribution in [-0.2, 0) is 13.1 Å². The second-order valence-corrected chi connectivity index (χ2v) is 4.57. The van der Waals surface area contributed by atoms with Gasteiger partial charge in [-0.15, -0.1) is 0 Å². The molecule has 0 spiro atoms. The van der Waals surface area contributed by atoms with Crippen LogP contribution in [0.4, 0.5) is 4.39 Å². The zero-order chi connectivity index (χ0) is 13.8. The molecule has 1 aromatic carbocycles. The van der Waals surface area contributed by atoms with Crippen molar-refractivity contribution in [1.82, 2.24) is 4.90 Å². The van der Waals surface area contributed by atoms with Gasteiger partial charge in [0.25, 0.3) is 0 Å². The third-order valence-electron chi connectivity index (χ3n) is 2.76. The van der Waals surface area contributed by atoms with E-state index in [0.717, 1.165) is 11.6 Å². The lowest BCUT2D eigenvalue weighted by Gasteiger charge is -2.16. The van der Waals surface area contributed by atoms with Crippen LogP contribution >= 0.6 is 0 Å². The summed E-state index contributed by atoms with van der Waals surface area (Å²) >= 11 is 0. The van der Waals surface area contributed by atoms with E-state index in [1.54, 1.807) is 18.6 Å². The van der Waals surface area contributed by atoms with Crippen molar-refractivity contribution in [1.29, 1.82) is 0 Å². The molecule has 100 valence electrons. The molecule has 0 radical (unpaired) electrons. The summed E-state index contributed by atoms with van der Waals surface area (Å²) in [6, 6.07) is 5.95. The van der Waals surface area contributed by atoms with Crippen molar-refractivity contribution < 1.29 is 18.9 Å². The number of halogens is 1. The van der Waals surface area contributed by atoms with E-state index < -0.39 is 12.9 Å². The fraction of sp³-hybridized carbons (Fsp3) is 0.231. The van der Waals surface area contributed by atoms with Crippen molar-refractivity contribution >= 4 is 12.6 Å². The fourth-order valence-electron chi connectivity index (χ4n) is 1.98. The molecule has 0 fully saturated rings. The lowest BCUT2D eigenvalue weighted by molar-refractivity contribution is 0.317. The molecule has 0 saturated carbocycles. The van der Waals surface area contributed by atoms with E-state index in [-0.39, 0.29) is 5.46 Å². The van der Waals surface area contributed by atoms with E-state index in [9.17, 15) is 4.39 Å². The fourth-order valence-corrected chi connectivity index (χ4v) is 1.98. The molecular weight excluding hydrogens is 248 g/mol. The Balaban J connectivity index is 2.05. The molecular formula is C13H15BFNO3. The van der Waals surface area contributed by atoms with Gasteiger partial charge in [0.2, 0.25) is 0 Å². The lowest BCUT2D eigenvalue weighted by Crippen LogP contribution is -2.31. The lowest BCUT2D eigenvalue weighted by atomic mass is 9.79. The van der Waals surface area contributed by atoms with Crippen LogP contribution in [0, 0.1) is 5.82 Å². The molecule has 2 N–H and O–H groups in total. The van der Waals surface area contributed by atoms with E-state index in [4.69, 9.17) is 14.5 Å². The Labute approximate surface area is 111 Å². The molecule has 4 nitrogen and oxygen atoms in total. The topological polar surface area (TPSA) is 56.8 Å². The average Bonchev–Trinajstić information content (AvgIpc) is 2.80. The van der Waals surface area contributed by atoms with Crippen LogP contribution in [-0.4, -0.2) is 29.1 Å². The zero-order valence-electron chi connectivity index (χ0n) is 10.6. The van der Waals surface area contributed by atoms with Crippen LogP contribution in [0.25, 0.3) is 0 Å². The first-order chi connectivity index (χ1) is 9.04. The van der Waals surface area contributed by atoms with Crippen molar-refractivity contribution in [2.24, 2.45) is 0 Å². The van der Waals surface area contributed by atoms with Crippen LogP contribution < -0.4 is 5.46 Å². The van der Waals surface area contributed by atoms with Gasteiger partial charge >= 0.3 is 7.12 Å². The largest absolute Gasteiger partial charge is 0.488 e. The molecule has 0 bridgehead atoms. The van der Waals surface area contributed by atoms with Crippen LogP contribution in [0.15, 0.2) is 41.2 Å². The third-order valence-corrected chi connectivity index (χ3v) is 2.76. The molecule has 6 heteroatoms. The monoisotopic (exact) mass is 263 g/mol. The van der Waals surface area contributed by atoms with Gasteiger partial charge in [0.05, 0.1) is 12.5 Å². The van der Waals surface area contributed by atoms with Gasteiger partial charge in [-0.05, 0) is 36.3 Å². The van der Waals surface area contributed by atoms with Crippen molar-refractivity contribution in [3.8, 4) is 0 Å². The Kier molecular flexibility index (Phi) is 4.37. The summed E-state index contributed by atoms with van der Waals surface area (Å²) in [5.41, 5.74) is 1.88. The van der Waals surface area contributed by atoms with Crippen LogP contribution in [0.2, 0.25) is 0 Å². The summed E-state index contributed by atoms with van der Waals surface area (Å²) < 4.78 is 18.3. The Bertz CT molecular complexity index is 531. The second-order valence-electron chi connectivity index (χ2n) is 4.57. The maximum absolute atomic E-state index is 13.4. The molecule has 0 saturated heterocycles. The van der Waals surface area contributed by atoms with E-state index >= 15 is 0 Å². The highest BCUT2D eigenvalue weighted by Crippen LogP contribution is 2.09. The van der Waals surface area contributed by atoms with Crippen molar-refractivity contribution in [3.05, 3.63) is 53.7 Å². The summed E-state index contributed by atoms with van der Waals surface area (Å²) in [6.45, 7) is 1.17. The van der Waals surface area contributed by atoms with E-state index in [1.165, 1.54) is 6.07 Å². The Morgan fingerprint density at radius 1 is 1.21 bits per heavy atom. The Hall–Kier alpha value is -1.63. The van der Waals surface area contributed by atoms with Gasteiger partial charge in [-0.2, -0.15) is 0 Å². The van der Waals surface area contributed by atoms with E-state index in [0.29, 0.717) is 18.7 Å². The van der Waals surface area contributed by atoms with Crippen LogP contribution in [0.1, 0.15) is 11.1 Å². The minimum atomic E-state index is -1.66. The van der Waals surface area contributed by atoms with Gasteiger partial charge in [0, 0.05) is 18.7 Å². The maximum atomic E-state index is 13.4. The zero-order valence-corrected chi connectivity index (χ0v) is 10.6. The highest BCUT2D eigenvalue weighted by molar-refractivity contribution is 6.58. The first-order valence-corrected chi connectivity index (χ1v) is 5.89. The standard InChI is InChI=1S/C13H15BFNO3/c1-16(7-10-2-3-19-9-10)8-11-4-12(14(17)18)6-13(15)5-11/h2-6,9,17-18H,7-8H2,1H3. The summed E-state index contributed by atoms with van der Waals surface area (Å²) in [5, 5.41) is 18.2. The van der Waals surface area contributed by atoms with Gasteiger partial charge in [0.15, 0.2) is 0 Å². The molecule has 0 unspecified atom stereocenters. The number of hydrogen-bond donors (Lipinski definition) is 2. The maximum Gasteiger partial charge on any atom is 0.488 e. The molecule has 1 aromatic heterocycles. The number of benzene rings is 1. The van der Waals surface area contributed by atoms with Gasteiger partial charge in [0.1, 0.15) is 5.82 Å².